The molecule has 0 aromatic heterocycles. The Balaban J connectivity index is 1.87. The first-order valence-electron chi connectivity index (χ1n) is 9.39. The standard InChI is InChI=1S/C22H21ClN4O2/c23-20-11-19(6-5-17(20)14-25)27-21(28)22(29,18-7-9-26-10-8-18)12-15-1-3-16(13-24)4-2-15/h1-6,11,18,26,29H,7-10,12H2,(H,27,28). The minimum atomic E-state index is -1.61. The number of aliphatic hydroxyl groups is 1. The van der Waals surface area contributed by atoms with Gasteiger partial charge >= 0.3 is 0 Å². The van der Waals surface area contributed by atoms with E-state index in [9.17, 15) is 9.90 Å². The number of nitrogens with zero attached hydrogens (tertiary/aromatic N) is 2. The maximum Gasteiger partial charge on any atom is 0.256 e. The molecule has 7 heteroatoms. The van der Waals surface area contributed by atoms with Crippen LogP contribution in [0.5, 0.6) is 0 Å². The molecule has 0 radical (unpaired) electrons. The van der Waals surface area contributed by atoms with Crippen molar-refractivity contribution < 1.29 is 9.90 Å². The summed E-state index contributed by atoms with van der Waals surface area (Å²) in [7, 11) is 0. The number of benzene rings is 2. The van der Waals surface area contributed by atoms with Crippen molar-refractivity contribution in [3.05, 3.63) is 64.2 Å². The lowest BCUT2D eigenvalue weighted by Gasteiger charge is -2.37. The van der Waals surface area contributed by atoms with Gasteiger partial charge in [0.25, 0.3) is 5.91 Å². The van der Waals surface area contributed by atoms with Gasteiger partial charge in [-0.05, 0) is 67.7 Å². The molecule has 148 valence electrons. The number of anilines is 1. The van der Waals surface area contributed by atoms with E-state index >= 15 is 0 Å². The van der Waals surface area contributed by atoms with E-state index in [1.54, 1.807) is 30.3 Å². The third-order valence-corrected chi connectivity index (χ3v) is 5.62. The first-order chi connectivity index (χ1) is 14.0. The Bertz CT molecular complexity index is 972. The molecule has 3 N–H and O–H groups in total. The summed E-state index contributed by atoms with van der Waals surface area (Å²) < 4.78 is 0. The largest absolute Gasteiger partial charge is 0.379 e. The molecule has 6 nitrogen and oxygen atoms in total. The van der Waals surface area contributed by atoms with Gasteiger partial charge in [-0.2, -0.15) is 10.5 Å². The Morgan fingerprint density at radius 2 is 1.86 bits per heavy atom. The van der Waals surface area contributed by atoms with E-state index in [2.05, 4.69) is 16.7 Å². The first-order valence-corrected chi connectivity index (χ1v) is 9.77. The summed E-state index contributed by atoms with van der Waals surface area (Å²) in [4.78, 5) is 13.2. The number of hydrogen-bond donors (Lipinski definition) is 3. The number of piperidine rings is 1. The van der Waals surface area contributed by atoms with Gasteiger partial charge in [0.15, 0.2) is 0 Å². The van der Waals surface area contributed by atoms with E-state index < -0.39 is 11.5 Å². The van der Waals surface area contributed by atoms with Crippen LogP contribution in [0, 0.1) is 28.6 Å². The molecule has 0 saturated carbocycles. The van der Waals surface area contributed by atoms with E-state index in [0.29, 0.717) is 29.7 Å². The highest BCUT2D eigenvalue weighted by atomic mass is 35.5. The monoisotopic (exact) mass is 408 g/mol. The number of hydrogen-bond acceptors (Lipinski definition) is 5. The lowest BCUT2D eigenvalue weighted by atomic mass is 9.76. The van der Waals surface area contributed by atoms with Gasteiger partial charge in [0.05, 0.1) is 22.2 Å². The predicted molar refractivity (Wildman–Crippen MR) is 110 cm³/mol. The van der Waals surface area contributed by atoms with Crippen molar-refractivity contribution in [2.24, 2.45) is 5.92 Å². The van der Waals surface area contributed by atoms with Crippen LogP contribution < -0.4 is 10.6 Å². The number of nitrogens with one attached hydrogen (secondary N) is 2. The van der Waals surface area contributed by atoms with Crippen LogP contribution in [0.1, 0.15) is 29.5 Å². The van der Waals surface area contributed by atoms with Crippen LogP contribution in [-0.2, 0) is 11.2 Å². The molecule has 29 heavy (non-hydrogen) atoms. The van der Waals surface area contributed by atoms with E-state index in [4.69, 9.17) is 22.1 Å². The van der Waals surface area contributed by atoms with Gasteiger partial charge in [-0.25, -0.2) is 0 Å². The van der Waals surface area contributed by atoms with Gasteiger partial charge in [0.2, 0.25) is 0 Å². The van der Waals surface area contributed by atoms with Crippen LogP contribution in [0.3, 0.4) is 0 Å². The van der Waals surface area contributed by atoms with Crippen LogP contribution in [0.4, 0.5) is 5.69 Å². The molecule has 1 unspecified atom stereocenters. The van der Waals surface area contributed by atoms with Gasteiger partial charge in [0.1, 0.15) is 11.7 Å². The second-order valence-electron chi connectivity index (χ2n) is 7.19. The highest BCUT2D eigenvalue weighted by molar-refractivity contribution is 6.32. The maximum atomic E-state index is 13.2. The Morgan fingerprint density at radius 1 is 1.17 bits per heavy atom. The topological polar surface area (TPSA) is 109 Å². The third-order valence-electron chi connectivity index (χ3n) is 5.31. The molecular formula is C22H21ClN4O2. The summed E-state index contributed by atoms with van der Waals surface area (Å²) in [5.41, 5.74) is 0.423. The fraction of sp³-hybridized carbons (Fsp3) is 0.318. The quantitative estimate of drug-likeness (QED) is 0.704. The molecule has 1 aliphatic heterocycles. The Morgan fingerprint density at radius 3 is 2.45 bits per heavy atom. The number of amides is 1. The molecule has 1 saturated heterocycles. The lowest BCUT2D eigenvalue weighted by molar-refractivity contribution is -0.141. The highest BCUT2D eigenvalue weighted by Crippen LogP contribution is 2.32. The molecule has 1 atom stereocenters. The molecule has 1 amide bonds. The molecule has 1 fully saturated rings. The van der Waals surface area contributed by atoms with Crippen LogP contribution in [0.2, 0.25) is 5.02 Å². The second kappa shape index (κ2) is 9.07. The fourth-order valence-corrected chi connectivity index (χ4v) is 3.86. The Labute approximate surface area is 174 Å². The van der Waals surface area contributed by atoms with Crippen molar-refractivity contribution in [2.45, 2.75) is 24.9 Å². The van der Waals surface area contributed by atoms with Crippen molar-refractivity contribution in [1.29, 1.82) is 10.5 Å². The average molecular weight is 409 g/mol. The molecule has 1 heterocycles. The number of carbonyl (C=O) groups excluding carboxylic acids is 1. The molecular weight excluding hydrogens is 388 g/mol. The zero-order chi connectivity index (χ0) is 20.9. The minimum absolute atomic E-state index is 0.138. The van der Waals surface area contributed by atoms with E-state index in [0.717, 1.165) is 18.7 Å². The van der Waals surface area contributed by atoms with Crippen molar-refractivity contribution in [2.75, 3.05) is 18.4 Å². The highest BCUT2D eigenvalue weighted by Gasteiger charge is 2.44. The van der Waals surface area contributed by atoms with Crippen LogP contribution in [0.15, 0.2) is 42.5 Å². The summed E-state index contributed by atoms with van der Waals surface area (Å²) in [5.74, 6) is -0.720. The van der Waals surface area contributed by atoms with Crippen molar-refractivity contribution in [1.82, 2.24) is 5.32 Å². The van der Waals surface area contributed by atoms with Crippen LogP contribution >= 0.6 is 11.6 Å². The Hall–Kier alpha value is -2.90. The van der Waals surface area contributed by atoms with Crippen LogP contribution in [-0.4, -0.2) is 29.7 Å². The number of carbonyl (C=O) groups is 1. The fourth-order valence-electron chi connectivity index (χ4n) is 3.64. The zero-order valence-electron chi connectivity index (χ0n) is 15.8. The smallest absolute Gasteiger partial charge is 0.256 e. The SMILES string of the molecule is N#Cc1ccc(CC(O)(C(=O)Nc2ccc(C#N)c(Cl)c2)C2CCNCC2)cc1. The number of nitriles is 2. The molecule has 0 aliphatic carbocycles. The van der Waals surface area contributed by atoms with Crippen molar-refractivity contribution in [3.8, 4) is 12.1 Å². The van der Waals surface area contributed by atoms with Gasteiger partial charge in [-0.3, -0.25) is 4.79 Å². The zero-order valence-corrected chi connectivity index (χ0v) is 16.5. The van der Waals surface area contributed by atoms with Crippen LogP contribution in [0.25, 0.3) is 0 Å². The van der Waals surface area contributed by atoms with Crippen molar-refractivity contribution in [3.63, 3.8) is 0 Å². The predicted octanol–water partition coefficient (Wildman–Crippen LogP) is 3.00. The first kappa shape index (κ1) is 20.8. The number of rotatable bonds is 5. The van der Waals surface area contributed by atoms with Gasteiger partial charge in [-0.15, -0.1) is 0 Å². The molecule has 0 spiro atoms. The van der Waals surface area contributed by atoms with Gasteiger partial charge in [-0.1, -0.05) is 23.7 Å². The average Bonchev–Trinajstić information content (AvgIpc) is 2.75. The molecule has 3 rings (SSSR count). The molecule has 1 aliphatic rings. The normalized spacial score (nSPS) is 16.3. The minimum Gasteiger partial charge on any atom is -0.379 e. The lowest BCUT2D eigenvalue weighted by Crippen LogP contribution is -2.53. The summed E-state index contributed by atoms with van der Waals surface area (Å²) in [6, 6.07) is 15.5. The summed E-state index contributed by atoms with van der Waals surface area (Å²) >= 11 is 6.06. The summed E-state index contributed by atoms with van der Waals surface area (Å²) in [5, 5.41) is 35.8. The van der Waals surface area contributed by atoms with Gasteiger partial charge in [0, 0.05) is 12.1 Å². The summed E-state index contributed by atoms with van der Waals surface area (Å²) in [6.45, 7) is 1.46. The molecule has 2 aromatic rings. The molecule has 0 bridgehead atoms. The maximum absolute atomic E-state index is 13.2. The summed E-state index contributed by atoms with van der Waals surface area (Å²) in [6.07, 6.45) is 1.49. The van der Waals surface area contributed by atoms with Gasteiger partial charge < -0.3 is 15.7 Å². The second-order valence-corrected chi connectivity index (χ2v) is 7.60. The Kier molecular flexibility index (Phi) is 6.51. The number of halogens is 1. The molecule has 2 aromatic carbocycles. The van der Waals surface area contributed by atoms with Crippen molar-refractivity contribution >= 4 is 23.2 Å². The van der Waals surface area contributed by atoms with E-state index in [1.807, 2.05) is 6.07 Å². The third kappa shape index (κ3) is 4.75. The van der Waals surface area contributed by atoms with E-state index in [-0.39, 0.29) is 17.4 Å². The van der Waals surface area contributed by atoms with E-state index in [1.165, 1.54) is 12.1 Å².